The van der Waals surface area contributed by atoms with Gasteiger partial charge in [-0.2, -0.15) is 0 Å². The van der Waals surface area contributed by atoms with Crippen LogP contribution in [0.3, 0.4) is 0 Å². The molecule has 0 aliphatic carbocycles. The highest BCUT2D eigenvalue weighted by atomic mass is 19.1. The summed E-state index contributed by atoms with van der Waals surface area (Å²) in [4.78, 5) is 10.5. The lowest BCUT2D eigenvalue weighted by molar-refractivity contribution is 0.0652. The Morgan fingerprint density at radius 2 is 1.72 bits per heavy atom. The number of carboxylic acids is 1. The third-order valence-electron chi connectivity index (χ3n) is 2.14. The van der Waals surface area contributed by atoms with Crippen LogP contribution >= 0.6 is 0 Å². The monoisotopic (exact) mass is 257 g/mol. The number of carbonyl (C=O) groups is 1. The van der Waals surface area contributed by atoms with Crippen molar-refractivity contribution < 1.29 is 33.4 Å². The van der Waals surface area contributed by atoms with Crippen LogP contribution in [0, 0.1) is 11.6 Å². The van der Waals surface area contributed by atoms with Crippen LogP contribution < -0.4 is 0 Å². The van der Waals surface area contributed by atoms with Crippen molar-refractivity contribution in [3.05, 3.63) is 29.5 Å². The molecule has 1 aromatic heterocycles. The van der Waals surface area contributed by atoms with E-state index in [1.54, 1.807) is 0 Å². The van der Waals surface area contributed by atoms with Gasteiger partial charge in [-0.15, -0.1) is 0 Å². The summed E-state index contributed by atoms with van der Waals surface area (Å²) in [6, 6.07) is 1.25. The summed E-state index contributed by atoms with van der Waals surface area (Å²) >= 11 is 0. The van der Waals surface area contributed by atoms with Gasteiger partial charge in [-0.1, -0.05) is 5.16 Å². The van der Waals surface area contributed by atoms with Crippen molar-refractivity contribution in [3.63, 3.8) is 0 Å². The molecule has 3 N–H and O–H groups in total. The molecule has 0 bridgehead atoms. The lowest BCUT2D eigenvalue weighted by Gasteiger charge is -2.04. The SMILES string of the molecule is O=C(O)c1cc(-c2c(F)c(O)cc(O)c2F)no1. The molecule has 0 fully saturated rings. The van der Waals surface area contributed by atoms with E-state index in [4.69, 9.17) is 15.3 Å². The number of aromatic nitrogens is 1. The standard InChI is InChI=1S/C10H5F2NO5/c11-8-4(14)2-5(15)9(12)7(8)3-1-6(10(16)17)18-13-3/h1-2,14-15H,(H,16,17). The maximum absolute atomic E-state index is 13.5. The minimum absolute atomic E-state index is 0.479. The predicted octanol–water partition coefficient (Wildman–Crippen LogP) is 1.73. The van der Waals surface area contributed by atoms with Crippen molar-refractivity contribution in [3.8, 4) is 22.8 Å². The molecule has 2 aromatic rings. The highest BCUT2D eigenvalue weighted by Crippen LogP contribution is 2.36. The van der Waals surface area contributed by atoms with Gasteiger partial charge in [0.2, 0.25) is 5.76 Å². The van der Waals surface area contributed by atoms with Crippen LogP contribution in [0.2, 0.25) is 0 Å². The fourth-order valence-electron chi connectivity index (χ4n) is 1.33. The van der Waals surface area contributed by atoms with Gasteiger partial charge in [-0.25, -0.2) is 13.6 Å². The first-order valence-electron chi connectivity index (χ1n) is 4.52. The second-order valence-corrected chi connectivity index (χ2v) is 3.30. The molecular weight excluding hydrogens is 252 g/mol. The number of phenols is 2. The van der Waals surface area contributed by atoms with Crippen LogP contribution in [-0.2, 0) is 0 Å². The van der Waals surface area contributed by atoms with Crippen LogP contribution in [0.1, 0.15) is 10.6 Å². The van der Waals surface area contributed by atoms with E-state index in [9.17, 15) is 13.6 Å². The maximum atomic E-state index is 13.5. The summed E-state index contributed by atoms with van der Waals surface area (Å²) in [5.41, 5.74) is -1.36. The van der Waals surface area contributed by atoms with Gasteiger partial charge < -0.3 is 19.8 Å². The van der Waals surface area contributed by atoms with E-state index in [2.05, 4.69) is 9.68 Å². The molecule has 18 heavy (non-hydrogen) atoms. The Morgan fingerprint density at radius 1 is 1.17 bits per heavy atom. The van der Waals surface area contributed by atoms with E-state index >= 15 is 0 Å². The number of benzene rings is 1. The number of carboxylic acid groups (broad SMARTS) is 1. The van der Waals surface area contributed by atoms with Crippen LogP contribution in [0.5, 0.6) is 11.5 Å². The summed E-state index contributed by atoms with van der Waals surface area (Å²) in [5.74, 6) is -6.86. The summed E-state index contributed by atoms with van der Waals surface area (Å²) < 4.78 is 31.3. The lowest BCUT2D eigenvalue weighted by Crippen LogP contribution is -1.93. The number of rotatable bonds is 2. The first-order chi connectivity index (χ1) is 8.41. The van der Waals surface area contributed by atoms with Crippen LogP contribution in [-0.4, -0.2) is 26.4 Å². The van der Waals surface area contributed by atoms with Crippen molar-refractivity contribution in [2.45, 2.75) is 0 Å². The number of phenolic OH excluding ortho intramolecular Hbond substituents is 2. The predicted molar refractivity (Wildman–Crippen MR) is 52.1 cm³/mol. The fraction of sp³-hybridized carbons (Fsp3) is 0. The van der Waals surface area contributed by atoms with Gasteiger partial charge in [-0.3, -0.25) is 0 Å². The zero-order valence-corrected chi connectivity index (χ0v) is 8.52. The Bertz CT molecular complexity index is 611. The lowest BCUT2D eigenvalue weighted by atomic mass is 10.1. The molecule has 94 valence electrons. The van der Waals surface area contributed by atoms with Gasteiger partial charge in [0.25, 0.3) is 0 Å². The summed E-state index contributed by atoms with van der Waals surface area (Å²) in [7, 11) is 0. The number of halogens is 2. The molecule has 0 radical (unpaired) electrons. The van der Waals surface area contributed by atoms with Gasteiger partial charge in [-0.05, 0) is 0 Å². The molecule has 6 nitrogen and oxygen atoms in total. The van der Waals surface area contributed by atoms with Gasteiger partial charge in [0.15, 0.2) is 23.1 Å². The van der Waals surface area contributed by atoms with E-state index in [0.29, 0.717) is 6.07 Å². The molecule has 0 amide bonds. The van der Waals surface area contributed by atoms with Crippen LogP contribution in [0.15, 0.2) is 16.7 Å². The zero-order chi connectivity index (χ0) is 13.4. The number of hydrogen-bond donors (Lipinski definition) is 3. The summed E-state index contributed by atoms with van der Waals surface area (Å²) in [6.45, 7) is 0. The van der Waals surface area contributed by atoms with Gasteiger partial charge in [0.05, 0.1) is 5.56 Å². The highest BCUT2D eigenvalue weighted by Gasteiger charge is 2.23. The molecule has 1 heterocycles. The largest absolute Gasteiger partial charge is 0.505 e. The second-order valence-electron chi connectivity index (χ2n) is 3.30. The molecule has 1 aromatic carbocycles. The number of aromatic carboxylic acids is 1. The van der Waals surface area contributed by atoms with Crippen LogP contribution in [0.4, 0.5) is 8.78 Å². The zero-order valence-electron chi connectivity index (χ0n) is 8.52. The normalized spacial score (nSPS) is 10.6. The molecule has 0 aliphatic heterocycles. The molecule has 0 aliphatic rings. The van der Waals surface area contributed by atoms with E-state index in [0.717, 1.165) is 6.07 Å². The minimum Gasteiger partial charge on any atom is -0.505 e. The quantitative estimate of drug-likeness (QED) is 0.756. The minimum atomic E-state index is -1.47. The highest BCUT2D eigenvalue weighted by molar-refractivity contribution is 5.85. The van der Waals surface area contributed by atoms with Crippen LogP contribution in [0.25, 0.3) is 11.3 Å². The average molecular weight is 257 g/mol. The number of nitrogens with zero attached hydrogens (tertiary/aromatic N) is 1. The van der Waals surface area contributed by atoms with Gasteiger partial charge in [0.1, 0.15) is 5.69 Å². The van der Waals surface area contributed by atoms with Crippen molar-refractivity contribution >= 4 is 5.97 Å². The van der Waals surface area contributed by atoms with E-state index in [1.807, 2.05) is 0 Å². The summed E-state index contributed by atoms with van der Waals surface area (Å²) in [5, 5.41) is 29.9. The third-order valence-corrected chi connectivity index (χ3v) is 2.14. The van der Waals surface area contributed by atoms with E-state index in [-0.39, 0.29) is 0 Å². The third kappa shape index (κ3) is 1.73. The molecule has 0 unspecified atom stereocenters. The first-order valence-corrected chi connectivity index (χ1v) is 4.52. The topological polar surface area (TPSA) is 104 Å². The van der Waals surface area contributed by atoms with Gasteiger partial charge >= 0.3 is 5.97 Å². The molecule has 0 spiro atoms. The first kappa shape index (κ1) is 11.8. The Hall–Kier alpha value is -2.64. The average Bonchev–Trinajstić information content (AvgIpc) is 2.76. The Kier molecular flexibility index (Phi) is 2.62. The summed E-state index contributed by atoms with van der Waals surface area (Å²) in [6.07, 6.45) is 0. The van der Waals surface area contributed by atoms with Crippen molar-refractivity contribution in [2.75, 3.05) is 0 Å². The molecule has 0 saturated carbocycles. The van der Waals surface area contributed by atoms with Crippen molar-refractivity contribution in [1.82, 2.24) is 5.16 Å². The van der Waals surface area contributed by atoms with Gasteiger partial charge in [0, 0.05) is 12.1 Å². The van der Waals surface area contributed by atoms with E-state index < -0.39 is 46.1 Å². The Morgan fingerprint density at radius 3 is 2.17 bits per heavy atom. The molecule has 0 saturated heterocycles. The Balaban J connectivity index is 2.66. The molecule has 0 atom stereocenters. The smallest absolute Gasteiger partial charge is 0.374 e. The van der Waals surface area contributed by atoms with Crippen molar-refractivity contribution in [2.24, 2.45) is 0 Å². The van der Waals surface area contributed by atoms with E-state index in [1.165, 1.54) is 0 Å². The molecular formula is C10H5F2NO5. The number of hydrogen-bond acceptors (Lipinski definition) is 5. The second kappa shape index (κ2) is 3.99. The fourth-order valence-corrected chi connectivity index (χ4v) is 1.33. The molecule has 2 rings (SSSR count). The Labute approximate surface area is 97.7 Å². The molecule has 8 heteroatoms. The maximum Gasteiger partial charge on any atom is 0.374 e. The van der Waals surface area contributed by atoms with Crippen molar-refractivity contribution in [1.29, 1.82) is 0 Å². The number of aromatic hydroxyl groups is 2.